The normalized spacial score (nSPS) is 11.6. The summed E-state index contributed by atoms with van der Waals surface area (Å²) >= 11 is 0. The average Bonchev–Trinajstić information content (AvgIpc) is 1.56. The van der Waals surface area contributed by atoms with E-state index in [0.717, 1.165) is 148 Å². The van der Waals surface area contributed by atoms with E-state index in [1.807, 2.05) is 0 Å². The Morgan fingerprint density at radius 2 is 0.205 bits per heavy atom. The summed E-state index contributed by atoms with van der Waals surface area (Å²) in [5.74, 6) is 0. The minimum absolute atomic E-state index is 1.03. The van der Waals surface area contributed by atoms with E-state index in [9.17, 15) is 0 Å². The van der Waals surface area contributed by atoms with Crippen LogP contribution in [0.5, 0.6) is 0 Å². The lowest BCUT2D eigenvalue weighted by atomic mass is 10.3. The zero-order valence-corrected chi connectivity index (χ0v) is 70.8. The van der Waals surface area contributed by atoms with Crippen LogP contribution in [0.25, 0.3) is 148 Å². The average molecular weight is 1520 g/mol. The molecule has 0 aliphatic carbocycles. The third-order valence-electron chi connectivity index (χ3n) is 20.8. The monoisotopic (exact) mass is 1510 g/mol. The van der Waals surface area contributed by atoms with Crippen molar-refractivity contribution >= 4 is 0 Å². The third kappa shape index (κ3) is 12.2. The Kier molecular flexibility index (Phi) is 19.6. The maximum Gasteiger partial charge on any atom is 0.0886 e. The van der Waals surface area contributed by atoms with Crippen molar-refractivity contribution in [2.45, 2.75) is 0 Å². The Labute approximate surface area is 659 Å². The molecule has 28 nitrogen and oxygen atoms in total. The van der Waals surface area contributed by atoms with Gasteiger partial charge in [0.15, 0.2) is 0 Å². The van der Waals surface area contributed by atoms with Crippen molar-refractivity contribution in [2.75, 3.05) is 267 Å². The summed E-state index contributed by atoms with van der Waals surface area (Å²) in [6, 6.07) is 62.4. The van der Waals surface area contributed by atoms with Crippen molar-refractivity contribution in [3.05, 3.63) is 182 Å². The van der Waals surface area contributed by atoms with Crippen molar-refractivity contribution < 1.29 is 0 Å². The molecule has 0 spiro atoms. The van der Waals surface area contributed by atoms with E-state index in [4.69, 9.17) is 0 Å². The van der Waals surface area contributed by atoms with Crippen LogP contribution in [0.1, 0.15) is 0 Å². The van der Waals surface area contributed by atoms with Gasteiger partial charge in [-0.2, -0.15) is 0 Å². The molecule has 0 amide bonds. The summed E-state index contributed by atoms with van der Waals surface area (Å²) in [5.41, 5.74) is 27.3. The maximum atomic E-state index is 2.33. The second-order valence-electron chi connectivity index (χ2n) is 31.3. The molecule has 14 aromatic heterocycles. The first-order valence-corrected chi connectivity index (χ1v) is 37.7. The van der Waals surface area contributed by atoms with E-state index in [2.05, 4.69) is 515 Å². The van der Waals surface area contributed by atoms with Crippen molar-refractivity contribution in [3.8, 4) is 148 Å². The Balaban J connectivity index is 0.807. The number of aromatic nitrogens is 14. The number of rotatable bonds is 27. The Hall–Kier alpha value is -12.9. The highest BCUT2D eigenvalue weighted by Gasteiger charge is 2.32. The molecule has 0 aliphatic heterocycles. The molecule has 0 aromatic carbocycles. The number of nitrogens with zero attached hydrogens (tertiary/aromatic N) is 28. The van der Waals surface area contributed by atoms with Gasteiger partial charge in [-0.3, -0.25) is 65.5 Å². The quantitative estimate of drug-likeness (QED) is 0.0487. The lowest BCUT2D eigenvalue weighted by Gasteiger charge is -2.29. The molecule has 14 heterocycles. The molecule has 0 radical (unpaired) electrons. The lowest BCUT2D eigenvalue weighted by molar-refractivity contribution is 0.688. The first-order valence-electron chi connectivity index (χ1n) is 37.7. The van der Waals surface area contributed by atoms with Crippen LogP contribution in [-0.2, 0) is 0 Å². The van der Waals surface area contributed by atoms with E-state index >= 15 is 0 Å². The van der Waals surface area contributed by atoms with Crippen molar-refractivity contribution in [2.24, 2.45) is 0 Å². The van der Waals surface area contributed by atoms with Gasteiger partial charge < -0.3 is 70.1 Å². The molecule has 0 saturated heterocycles. The van der Waals surface area contributed by atoms with E-state index in [1.54, 1.807) is 0 Å². The van der Waals surface area contributed by atoms with Gasteiger partial charge in [-0.15, -0.1) is 0 Å². The van der Waals surface area contributed by atoms with Crippen molar-refractivity contribution in [1.82, 2.24) is 65.5 Å². The van der Waals surface area contributed by atoms with Gasteiger partial charge in [-0.1, -0.05) is 0 Å². The number of hydrogen-bond donors (Lipinski definition) is 0. The molecule has 14 rings (SSSR count). The van der Waals surface area contributed by atoms with Crippen LogP contribution >= 0.6 is 0 Å². The second-order valence-corrected chi connectivity index (χ2v) is 31.3. The Morgan fingerprint density at radius 1 is 0.116 bits per heavy atom. The van der Waals surface area contributed by atoms with Crippen LogP contribution in [0.15, 0.2) is 182 Å². The van der Waals surface area contributed by atoms with Crippen LogP contribution in [-0.4, -0.2) is 263 Å². The molecule has 0 saturated carbocycles. The predicted molar refractivity (Wildman–Crippen MR) is 470 cm³/mol. The van der Waals surface area contributed by atoms with Crippen LogP contribution in [0, 0.1) is 0 Å². The predicted octanol–water partition coefficient (Wildman–Crippen LogP) is 9.35. The van der Waals surface area contributed by atoms with E-state index < -0.39 is 0 Å². The fourth-order valence-corrected chi connectivity index (χ4v) is 16.8. The molecular weight excluding hydrogens is 1400 g/mol. The van der Waals surface area contributed by atoms with E-state index in [0.29, 0.717) is 0 Å². The summed E-state index contributed by atoms with van der Waals surface area (Å²) in [7, 11) is 59.0. The fourth-order valence-electron chi connectivity index (χ4n) is 16.8. The van der Waals surface area contributed by atoms with Gasteiger partial charge in [-0.25, -0.2) is 0 Å². The van der Waals surface area contributed by atoms with Crippen LogP contribution in [0.2, 0.25) is 0 Å². The van der Waals surface area contributed by atoms with Crippen LogP contribution in [0.3, 0.4) is 0 Å². The van der Waals surface area contributed by atoms with Gasteiger partial charge in [0.1, 0.15) is 0 Å². The third-order valence-corrected chi connectivity index (χ3v) is 20.8. The first kappa shape index (κ1) is 75.9. The van der Waals surface area contributed by atoms with Crippen LogP contribution < -0.4 is 70.1 Å². The molecule has 0 fully saturated rings. The highest BCUT2D eigenvalue weighted by molar-refractivity contribution is 5.81. The topological polar surface area (TPSA) is 114 Å². The second kappa shape index (κ2) is 28.8. The highest BCUT2D eigenvalue weighted by Crippen LogP contribution is 2.43. The highest BCUT2D eigenvalue weighted by atomic mass is 15.6. The lowest BCUT2D eigenvalue weighted by Crippen LogP contribution is -2.33. The molecule has 0 unspecified atom stereocenters. The van der Waals surface area contributed by atoms with Crippen molar-refractivity contribution in [3.63, 3.8) is 0 Å². The number of hydrogen-bond acceptors (Lipinski definition) is 14. The Bertz CT molecular complexity index is 5330. The first-order chi connectivity index (χ1) is 53.3. The summed E-state index contributed by atoms with van der Waals surface area (Å²) in [6.07, 6.45) is 4.19. The smallest absolute Gasteiger partial charge is 0.0886 e. The zero-order chi connectivity index (χ0) is 80.4. The summed E-state index contributed by atoms with van der Waals surface area (Å²) in [4.78, 5) is 0. The van der Waals surface area contributed by atoms with Gasteiger partial charge in [0.05, 0.1) is 148 Å². The molecule has 0 N–H and O–H groups in total. The minimum Gasteiger partial charge on any atom is -0.319 e. The van der Waals surface area contributed by atoms with Gasteiger partial charge in [-0.05, 0) is 170 Å². The molecule has 0 atom stereocenters. The Morgan fingerprint density at radius 3 is 0.286 bits per heavy atom. The SMILES string of the molecule is CN(C)n1cccc1-c1ccc(-c2ccc(-c3ccc(-c4ccc(-c5ccc(-c6ccc(-c7ccc(-c8ccc(-c9ccc(-c%10ccc(-c%11ccc(-c%12ccc(-c%13cccn%13N(C)C)n%12N(C)C)n%11N(C)C)n%10N(C)C)n9N(C)C)n8N(C)C)n7N(C)C)n6N(C)C)n5N(C)C)n4N(C)C)n3N(C)C)n2N(C)C)n1N(C)C. The molecule has 0 aliphatic rings. The maximum absolute atomic E-state index is 2.33. The molecule has 28 heteroatoms. The standard InChI is InChI=1S/C84H114N28/c1-85(2)99-57-29-31-59(99)61-33-35-63(101(61)87(5)6)65-37-39-67(103(65)89(9)10)69-41-43-71(105(69)91(13)14)73-45-47-75(107(73)93(17)18)77-49-51-79(109(77)95(21)22)81-53-55-83(111(81)97(25)26)84-56-54-82(112(84)98(27)28)80-52-50-78(110(80)96(23)24)76-48-46-74(108(76)94(19)20)72-44-42-70(106(72)92(15)16)68-40-38-66(104(68)90(11)12)64-36-34-62(102(64)88(7)8)60-32-30-58-100(60)86(3)4/h29-58H,1-28H3. The van der Waals surface area contributed by atoms with Gasteiger partial charge in [0.25, 0.3) is 0 Å². The zero-order valence-electron chi connectivity index (χ0n) is 70.8. The molecule has 590 valence electrons. The summed E-state index contributed by atoms with van der Waals surface area (Å²) < 4.78 is 32.1. The molecule has 112 heavy (non-hydrogen) atoms. The van der Waals surface area contributed by atoms with Gasteiger partial charge in [0, 0.05) is 210 Å². The van der Waals surface area contributed by atoms with E-state index in [1.165, 1.54) is 0 Å². The van der Waals surface area contributed by atoms with Gasteiger partial charge >= 0.3 is 0 Å². The van der Waals surface area contributed by atoms with Crippen LogP contribution in [0.4, 0.5) is 0 Å². The van der Waals surface area contributed by atoms with Gasteiger partial charge in [0.2, 0.25) is 0 Å². The molecule has 0 bridgehead atoms. The molecule has 14 aromatic rings. The molecular formula is C84H114N28. The van der Waals surface area contributed by atoms with Crippen molar-refractivity contribution in [1.29, 1.82) is 0 Å². The largest absolute Gasteiger partial charge is 0.319 e. The summed E-state index contributed by atoms with van der Waals surface area (Å²) in [6.45, 7) is 0. The fraction of sp³-hybridized carbons (Fsp3) is 0.333. The minimum atomic E-state index is 1.03. The summed E-state index contributed by atoms with van der Waals surface area (Å²) in [5, 5.41) is 30.3. The van der Waals surface area contributed by atoms with E-state index in [-0.39, 0.29) is 0 Å².